The average molecular weight is 599 g/mol. The number of imidazole rings is 1. The molecule has 1 aliphatic carbocycles. The number of allylic oxidation sites excluding steroid dienone is 1. The predicted molar refractivity (Wildman–Crippen MR) is 177 cm³/mol. The lowest BCUT2D eigenvalue weighted by atomic mass is 10.0. The van der Waals surface area contributed by atoms with Gasteiger partial charge in [-0.15, -0.1) is 0 Å². The molecule has 6 aromatic rings. The molecule has 2 aromatic carbocycles. The molecule has 1 aliphatic heterocycles. The number of hydrogen-bond donors (Lipinski definition) is 3. The summed E-state index contributed by atoms with van der Waals surface area (Å²) in [4.78, 5) is 20.0. The fraction of sp³-hybridized carbons (Fsp3) is 0.278. The SMILES string of the molecule is C=C(Nc1cncc(-c2ccc3[nH]nc(-c4nc5c(-c6cc(F)cc(CCCN7CCCC7)c6)nccc5[nH]4)c3c2)c1)C1CC1. The second kappa shape index (κ2) is 11.6. The van der Waals surface area contributed by atoms with Crippen LogP contribution in [0.1, 0.15) is 37.7 Å². The van der Waals surface area contributed by atoms with E-state index in [-0.39, 0.29) is 5.82 Å². The number of aromatic nitrogens is 6. The van der Waals surface area contributed by atoms with Crippen molar-refractivity contribution in [1.82, 2.24) is 35.0 Å². The minimum absolute atomic E-state index is 0.255. The van der Waals surface area contributed by atoms with E-state index in [1.54, 1.807) is 18.3 Å². The maximum atomic E-state index is 14.9. The fourth-order valence-electron chi connectivity index (χ4n) is 6.46. The van der Waals surface area contributed by atoms with E-state index in [2.05, 4.69) is 66.2 Å². The monoisotopic (exact) mass is 598 g/mol. The molecule has 4 aromatic heterocycles. The molecule has 8 nitrogen and oxygen atoms in total. The zero-order chi connectivity index (χ0) is 30.3. The van der Waals surface area contributed by atoms with Gasteiger partial charge in [0.25, 0.3) is 0 Å². The minimum Gasteiger partial charge on any atom is -0.358 e. The summed E-state index contributed by atoms with van der Waals surface area (Å²) in [6.07, 6.45) is 12.2. The molecular formula is C36H35FN8. The molecule has 0 unspecified atom stereocenters. The van der Waals surface area contributed by atoms with Crippen LogP contribution in [0.5, 0.6) is 0 Å². The molecule has 2 aliphatic rings. The maximum Gasteiger partial charge on any atom is 0.159 e. The lowest BCUT2D eigenvalue weighted by Crippen LogP contribution is -2.20. The number of halogens is 1. The normalized spacial score (nSPS) is 15.3. The Balaban J connectivity index is 1.10. The molecule has 5 heterocycles. The third-order valence-electron chi connectivity index (χ3n) is 9.00. The van der Waals surface area contributed by atoms with Crippen molar-refractivity contribution in [2.24, 2.45) is 5.92 Å². The molecule has 3 N–H and O–H groups in total. The highest BCUT2D eigenvalue weighted by molar-refractivity contribution is 5.97. The van der Waals surface area contributed by atoms with Gasteiger partial charge >= 0.3 is 0 Å². The van der Waals surface area contributed by atoms with Crippen molar-refractivity contribution >= 4 is 27.6 Å². The van der Waals surface area contributed by atoms with Gasteiger partial charge in [0, 0.05) is 34.6 Å². The van der Waals surface area contributed by atoms with E-state index < -0.39 is 0 Å². The summed E-state index contributed by atoms with van der Waals surface area (Å²) >= 11 is 0. The van der Waals surface area contributed by atoms with E-state index in [0.29, 0.717) is 28.6 Å². The highest BCUT2D eigenvalue weighted by Crippen LogP contribution is 2.37. The van der Waals surface area contributed by atoms with E-state index in [0.717, 1.165) is 69.4 Å². The van der Waals surface area contributed by atoms with E-state index in [1.165, 1.54) is 38.8 Å². The van der Waals surface area contributed by atoms with E-state index in [1.807, 2.05) is 24.5 Å². The van der Waals surface area contributed by atoms with Gasteiger partial charge in [-0.05, 0) is 118 Å². The lowest BCUT2D eigenvalue weighted by molar-refractivity contribution is 0.334. The van der Waals surface area contributed by atoms with Gasteiger partial charge in [-0.25, -0.2) is 9.37 Å². The number of aromatic amines is 2. The molecule has 45 heavy (non-hydrogen) atoms. The predicted octanol–water partition coefficient (Wildman–Crippen LogP) is 7.73. The number of nitrogens with zero attached hydrogens (tertiary/aromatic N) is 5. The quantitative estimate of drug-likeness (QED) is 0.149. The summed E-state index contributed by atoms with van der Waals surface area (Å²) in [7, 11) is 0. The van der Waals surface area contributed by atoms with Gasteiger partial charge < -0.3 is 15.2 Å². The number of nitrogens with one attached hydrogen (secondary N) is 3. The molecule has 0 amide bonds. The largest absolute Gasteiger partial charge is 0.358 e. The van der Waals surface area contributed by atoms with Crippen molar-refractivity contribution in [3.63, 3.8) is 0 Å². The van der Waals surface area contributed by atoms with Crippen LogP contribution in [-0.4, -0.2) is 54.7 Å². The van der Waals surface area contributed by atoms with E-state index in [4.69, 9.17) is 4.98 Å². The van der Waals surface area contributed by atoms with E-state index in [9.17, 15) is 4.39 Å². The third kappa shape index (κ3) is 5.71. The first kappa shape index (κ1) is 27.6. The van der Waals surface area contributed by atoms with Crippen molar-refractivity contribution in [3.8, 4) is 33.9 Å². The van der Waals surface area contributed by atoms with Gasteiger partial charge in [-0.1, -0.05) is 12.6 Å². The number of benzene rings is 2. The third-order valence-corrected chi connectivity index (χ3v) is 9.00. The van der Waals surface area contributed by atoms with Gasteiger partial charge in [0.05, 0.1) is 28.6 Å². The topological polar surface area (TPSA) is 98.4 Å². The molecule has 0 atom stereocenters. The van der Waals surface area contributed by atoms with Gasteiger partial charge in [0.15, 0.2) is 5.82 Å². The van der Waals surface area contributed by atoms with Crippen molar-refractivity contribution in [2.75, 3.05) is 25.0 Å². The molecule has 9 heteroatoms. The van der Waals surface area contributed by atoms with Crippen LogP contribution in [0.25, 0.3) is 55.8 Å². The number of aryl methyl sites for hydroxylation is 1. The summed E-state index contributed by atoms with van der Waals surface area (Å²) < 4.78 is 14.9. The van der Waals surface area contributed by atoms with Gasteiger partial charge in [-0.3, -0.25) is 15.1 Å². The van der Waals surface area contributed by atoms with Crippen LogP contribution in [-0.2, 0) is 6.42 Å². The Morgan fingerprint density at radius 2 is 1.84 bits per heavy atom. The first-order chi connectivity index (χ1) is 22.1. The Bertz CT molecular complexity index is 2030. The first-order valence-electron chi connectivity index (χ1n) is 15.8. The molecule has 0 bridgehead atoms. The number of anilines is 1. The summed E-state index contributed by atoms with van der Waals surface area (Å²) in [6, 6.07) is 15.4. The standard InChI is InChI=1S/C36H35FN8/c1-22(24-6-7-24)40-29-18-27(20-38-21-29)25-8-9-31-30(19-25)34(44-43-31)36-41-32-10-11-39-33(35(32)42-36)26-15-23(16-28(37)17-26)5-4-14-45-12-2-3-13-45/h8-11,15-21,24,40H,1-7,12-14H2,(H,41,42)(H,43,44). The molecule has 0 spiro atoms. The van der Waals surface area contributed by atoms with Crippen LogP contribution < -0.4 is 5.32 Å². The Morgan fingerprint density at radius 3 is 2.71 bits per heavy atom. The summed E-state index contributed by atoms with van der Waals surface area (Å²) in [5.74, 6) is 0.930. The number of likely N-dealkylation sites (tertiary alicyclic amines) is 1. The van der Waals surface area contributed by atoms with Gasteiger partial charge in [0.2, 0.25) is 0 Å². The molecule has 1 saturated carbocycles. The Kier molecular flexibility index (Phi) is 7.10. The number of H-pyrrole nitrogens is 2. The van der Waals surface area contributed by atoms with Crippen LogP contribution in [0.2, 0.25) is 0 Å². The van der Waals surface area contributed by atoms with Crippen molar-refractivity contribution < 1.29 is 4.39 Å². The lowest BCUT2D eigenvalue weighted by Gasteiger charge is -2.14. The van der Waals surface area contributed by atoms with Crippen molar-refractivity contribution in [3.05, 3.63) is 90.8 Å². The zero-order valence-corrected chi connectivity index (χ0v) is 25.1. The van der Waals surface area contributed by atoms with Crippen molar-refractivity contribution in [2.45, 2.75) is 38.5 Å². The Morgan fingerprint density at radius 1 is 0.956 bits per heavy atom. The van der Waals surface area contributed by atoms with E-state index >= 15 is 0 Å². The van der Waals surface area contributed by atoms with Crippen LogP contribution >= 0.6 is 0 Å². The smallest absolute Gasteiger partial charge is 0.159 e. The molecular weight excluding hydrogens is 563 g/mol. The molecule has 0 radical (unpaired) electrons. The number of pyridine rings is 2. The van der Waals surface area contributed by atoms with Crippen LogP contribution in [0.4, 0.5) is 10.1 Å². The molecule has 1 saturated heterocycles. The van der Waals surface area contributed by atoms with Crippen LogP contribution in [0.3, 0.4) is 0 Å². The first-order valence-corrected chi connectivity index (χ1v) is 15.8. The number of fused-ring (bicyclic) bond motifs is 2. The second-order valence-electron chi connectivity index (χ2n) is 12.4. The second-order valence-corrected chi connectivity index (χ2v) is 12.4. The highest BCUT2D eigenvalue weighted by atomic mass is 19.1. The highest BCUT2D eigenvalue weighted by Gasteiger charge is 2.24. The summed E-state index contributed by atoms with van der Waals surface area (Å²) in [5, 5.41) is 12.1. The number of rotatable bonds is 10. The Labute approximate surface area is 260 Å². The molecule has 8 rings (SSSR count). The Hall–Kier alpha value is -4.89. The fourth-order valence-corrected chi connectivity index (χ4v) is 6.46. The number of hydrogen-bond acceptors (Lipinski definition) is 6. The average Bonchev–Trinajstić information content (AvgIpc) is 3.40. The zero-order valence-electron chi connectivity index (χ0n) is 25.1. The summed E-state index contributed by atoms with van der Waals surface area (Å²) in [6.45, 7) is 7.58. The van der Waals surface area contributed by atoms with Crippen LogP contribution in [0.15, 0.2) is 79.4 Å². The maximum absolute atomic E-state index is 14.9. The molecule has 226 valence electrons. The summed E-state index contributed by atoms with van der Waals surface area (Å²) in [5.41, 5.74) is 9.48. The minimum atomic E-state index is -0.255. The van der Waals surface area contributed by atoms with Gasteiger partial charge in [0.1, 0.15) is 17.0 Å². The van der Waals surface area contributed by atoms with Crippen molar-refractivity contribution in [1.29, 1.82) is 0 Å². The molecule has 2 fully saturated rings. The van der Waals surface area contributed by atoms with Gasteiger partial charge in [-0.2, -0.15) is 5.10 Å². The van der Waals surface area contributed by atoms with Crippen LogP contribution in [0, 0.1) is 11.7 Å².